The van der Waals surface area contributed by atoms with Crippen LogP contribution in [0.5, 0.6) is 23.0 Å². The minimum Gasteiger partial charge on any atom is -0.493 e. The highest BCUT2D eigenvalue weighted by Crippen LogP contribution is 2.32. The SMILES string of the molecule is CCc1ccnc(Cc2ccc(OC)c(OCCCN3CCC(OC)C3)c2)n1.CNc1ccnc(Nc2ccc(OC)c(OCCCCl)c2)n1.COC1CCNC1. The van der Waals surface area contributed by atoms with E-state index in [-0.39, 0.29) is 0 Å². The van der Waals surface area contributed by atoms with E-state index in [4.69, 9.17) is 40.0 Å². The van der Waals surface area contributed by atoms with Crippen molar-refractivity contribution in [3.05, 3.63) is 78.0 Å². The smallest absolute Gasteiger partial charge is 0.229 e. The van der Waals surface area contributed by atoms with E-state index in [1.807, 2.05) is 55.7 Å². The van der Waals surface area contributed by atoms with Crippen LogP contribution in [0.4, 0.5) is 17.5 Å². The van der Waals surface area contributed by atoms with Crippen LogP contribution in [0.15, 0.2) is 60.9 Å². The Morgan fingerprint density at radius 2 is 1.56 bits per heavy atom. The van der Waals surface area contributed by atoms with E-state index in [1.165, 1.54) is 6.42 Å². The number of hydrogen-bond donors (Lipinski definition) is 3. The largest absolute Gasteiger partial charge is 0.493 e. The summed E-state index contributed by atoms with van der Waals surface area (Å²) < 4.78 is 33.0. The molecule has 2 aromatic heterocycles. The summed E-state index contributed by atoms with van der Waals surface area (Å²) in [6.07, 6.45) is 10.0. The molecular formula is C42H61ClN8O6. The molecule has 0 radical (unpaired) electrons. The Hall–Kier alpha value is -4.47. The Labute approximate surface area is 343 Å². The third-order valence-electron chi connectivity index (χ3n) is 9.37. The van der Waals surface area contributed by atoms with Gasteiger partial charge in [0.2, 0.25) is 5.95 Å². The van der Waals surface area contributed by atoms with E-state index in [1.54, 1.807) is 40.7 Å². The Bertz CT molecular complexity index is 1730. The van der Waals surface area contributed by atoms with Gasteiger partial charge in [-0.15, -0.1) is 11.6 Å². The third kappa shape index (κ3) is 15.8. The van der Waals surface area contributed by atoms with Crippen molar-refractivity contribution in [1.29, 1.82) is 0 Å². The van der Waals surface area contributed by atoms with E-state index in [0.717, 1.165) is 98.5 Å². The van der Waals surface area contributed by atoms with Crippen LogP contribution < -0.4 is 34.9 Å². The van der Waals surface area contributed by atoms with Crippen LogP contribution in [-0.2, 0) is 22.3 Å². The molecule has 2 fully saturated rings. The van der Waals surface area contributed by atoms with Gasteiger partial charge in [-0.2, -0.15) is 4.98 Å². The number of aromatic nitrogens is 4. The highest BCUT2D eigenvalue weighted by Gasteiger charge is 2.21. The summed E-state index contributed by atoms with van der Waals surface area (Å²) in [4.78, 5) is 19.9. The first-order valence-electron chi connectivity index (χ1n) is 19.7. The molecule has 312 valence electrons. The van der Waals surface area contributed by atoms with Crippen LogP contribution in [0.2, 0.25) is 0 Å². The first-order valence-corrected chi connectivity index (χ1v) is 20.2. The van der Waals surface area contributed by atoms with Crippen molar-refractivity contribution in [3.63, 3.8) is 0 Å². The first-order chi connectivity index (χ1) is 27.9. The summed E-state index contributed by atoms with van der Waals surface area (Å²) in [5, 5.41) is 9.30. The van der Waals surface area contributed by atoms with Crippen LogP contribution in [0.25, 0.3) is 0 Å². The average Bonchev–Trinajstić information content (AvgIpc) is 3.96. The molecule has 57 heavy (non-hydrogen) atoms. The molecule has 2 unspecified atom stereocenters. The summed E-state index contributed by atoms with van der Waals surface area (Å²) in [6.45, 7) is 8.61. The summed E-state index contributed by atoms with van der Waals surface area (Å²) in [7, 11) is 8.64. The highest BCUT2D eigenvalue weighted by atomic mass is 35.5. The second kappa shape index (κ2) is 25.7. The molecule has 0 aliphatic carbocycles. The molecule has 6 rings (SSSR count). The van der Waals surface area contributed by atoms with Gasteiger partial charge < -0.3 is 49.3 Å². The minimum absolute atomic E-state index is 0.381. The third-order valence-corrected chi connectivity index (χ3v) is 9.64. The number of ether oxygens (including phenoxy) is 6. The van der Waals surface area contributed by atoms with E-state index in [2.05, 4.69) is 47.7 Å². The van der Waals surface area contributed by atoms with Gasteiger partial charge >= 0.3 is 0 Å². The number of aryl methyl sites for hydroxylation is 1. The van der Waals surface area contributed by atoms with E-state index < -0.39 is 0 Å². The molecule has 0 spiro atoms. The van der Waals surface area contributed by atoms with Crippen molar-refractivity contribution in [2.24, 2.45) is 0 Å². The van der Waals surface area contributed by atoms with Gasteiger partial charge in [-0.1, -0.05) is 13.0 Å². The van der Waals surface area contributed by atoms with Crippen LogP contribution in [-0.4, -0.2) is 124 Å². The standard InChI is InChI=1S/C22H31N3O3.C15H19ClN4O2.C5H11NO/c1-4-18-8-10-23-22(24-18)15-17-6-7-20(27-3)21(14-17)28-13-5-11-25-12-9-19(16-25)26-2;1-17-14-6-8-18-15(20-14)19-11-4-5-12(21-2)13(10-11)22-9-3-7-16;1-7-5-2-3-6-4-5/h6-8,10,14,19H,4-5,9,11-13,15-16H2,1-3H3;4-6,8,10H,3,7,9H2,1-2H3,(H2,17,18,19,20);5-6H,2-4H2,1H3. The van der Waals surface area contributed by atoms with Gasteiger partial charge in [0.05, 0.1) is 39.6 Å². The maximum Gasteiger partial charge on any atom is 0.229 e. The quantitative estimate of drug-likeness (QED) is 0.0709. The van der Waals surface area contributed by atoms with Crippen LogP contribution in [0, 0.1) is 0 Å². The van der Waals surface area contributed by atoms with Crippen LogP contribution in [0.3, 0.4) is 0 Å². The second-order valence-corrected chi connectivity index (χ2v) is 13.8. The van der Waals surface area contributed by atoms with E-state index in [0.29, 0.717) is 55.2 Å². The maximum absolute atomic E-state index is 6.04. The van der Waals surface area contributed by atoms with Gasteiger partial charge in [-0.25, -0.2) is 15.0 Å². The van der Waals surface area contributed by atoms with Gasteiger partial charge in [0.15, 0.2) is 23.0 Å². The van der Waals surface area contributed by atoms with Gasteiger partial charge in [0, 0.05) is 89.6 Å². The topological polar surface area (TPSA) is 146 Å². The average molecular weight is 809 g/mol. The van der Waals surface area contributed by atoms with Gasteiger partial charge in [-0.05, 0) is 80.6 Å². The fourth-order valence-electron chi connectivity index (χ4n) is 6.13. The van der Waals surface area contributed by atoms with Crippen LogP contribution >= 0.6 is 11.6 Å². The maximum atomic E-state index is 6.04. The highest BCUT2D eigenvalue weighted by molar-refractivity contribution is 6.17. The van der Waals surface area contributed by atoms with Gasteiger partial charge in [0.1, 0.15) is 11.6 Å². The van der Waals surface area contributed by atoms with Crippen molar-refractivity contribution < 1.29 is 28.4 Å². The number of rotatable bonds is 19. The number of methoxy groups -OCH3 is 4. The number of anilines is 3. The minimum atomic E-state index is 0.381. The molecule has 2 saturated heterocycles. The number of nitrogens with zero attached hydrogens (tertiary/aromatic N) is 5. The molecule has 0 saturated carbocycles. The predicted molar refractivity (Wildman–Crippen MR) is 226 cm³/mol. The molecule has 2 aromatic carbocycles. The second-order valence-electron chi connectivity index (χ2n) is 13.4. The molecule has 4 aromatic rings. The Balaban J connectivity index is 0.000000220. The van der Waals surface area contributed by atoms with Crippen molar-refractivity contribution in [2.75, 3.05) is 97.9 Å². The fourth-order valence-corrected chi connectivity index (χ4v) is 6.24. The molecular weight excluding hydrogens is 748 g/mol. The van der Waals surface area contributed by atoms with Crippen molar-refractivity contribution in [3.8, 4) is 23.0 Å². The zero-order chi connectivity index (χ0) is 40.7. The summed E-state index contributed by atoms with van der Waals surface area (Å²) in [6, 6.07) is 15.4. The van der Waals surface area contributed by atoms with E-state index in [9.17, 15) is 0 Å². The molecule has 2 aliphatic rings. The number of likely N-dealkylation sites (tertiary alicyclic amines) is 1. The lowest BCUT2D eigenvalue weighted by Crippen LogP contribution is -2.25. The molecule has 0 bridgehead atoms. The molecule has 3 N–H and O–H groups in total. The van der Waals surface area contributed by atoms with Crippen molar-refractivity contribution >= 4 is 29.1 Å². The molecule has 2 atom stereocenters. The lowest BCUT2D eigenvalue weighted by molar-refractivity contribution is 0.107. The Kier molecular flexibility index (Phi) is 20.4. The Morgan fingerprint density at radius 1 is 0.825 bits per heavy atom. The normalized spacial score (nSPS) is 16.1. The fraction of sp³-hybridized carbons (Fsp3) is 0.524. The lowest BCUT2D eigenvalue weighted by atomic mass is 10.1. The summed E-state index contributed by atoms with van der Waals surface area (Å²) in [5.41, 5.74) is 2.99. The summed E-state index contributed by atoms with van der Waals surface area (Å²) >= 11 is 5.66. The number of nitrogens with one attached hydrogen (secondary N) is 3. The molecule has 14 nitrogen and oxygen atoms in total. The Morgan fingerprint density at radius 3 is 2.21 bits per heavy atom. The number of benzene rings is 2. The molecule has 15 heteroatoms. The molecule has 2 aliphatic heterocycles. The molecule has 4 heterocycles. The zero-order valence-corrected chi connectivity index (χ0v) is 35.1. The van der Waals surface area contributed by atoms with E-state index >= 15 is 0 Å². The zero-order valence-electron chi connectivity index (χ0n) is 34.4. The number of halogens is 1. The van der Waals surface area contributed by atoms with Crippen molar-refractivity contribution in [2.45, 2.75) is 57.7 Å². The van der Waals surface area contributed by atoms with Gasteiger partial charge in [-0.3, -0.25) is 0 Å². The van der Waals surface area contributed by atoms with Gasteiger partial charge in [0.25, 0.3) is 0 Å². The molecule has 0 amide bonds. The monoisotopic (exact) mass is 808 g/mol. The van der Waals surface area contributed by atoms with Crippen molar-refractivity contribution in [1.82, 2.24) is 30.2 Å². The van der Waals surface area contributed by atoms with Crippen LogP contribution in [0.1, 0.15) is 49.7 Å². The lowest BCUT2D eigenvalue weighted by Gasteiger charge is -2.16. The number of hydrogen-bond acceptors (Lipinski definition) is 14. The number of alkyl halides is 1. The first kappa shape index (κ1) is 45.2. The summed E-state index contributed by atoms with van der Waals surface area (Å²) in [5.74, 6) is 5.50. The predicted octanol–water partition coefficient (Wildman–Crippen LogP) is 6.40.